The molecule has 5 aromatic carbocycles. The molecule has 6 aromatic rings. The highest BCUT2D eigenvalue weighted by molar-refractivity contribution is 6.15. The molecule has 210 valence electrons. The molecule has 0 bridgehead atoms. The fraction of sp³-hybridized carbons (Fsp3) is 0.211. The van der Waals surface area contributed by atoms with Gasteiger partial charge in [0.05, 0.1) is 23.9 Å². The summed E-state index contributed by atoms with van der Waals surface area (Å²) in [5.74, 6) is 0. The van der Waals surface area contributed by atoms with Crippen LogP contribution in [0.15, 0.2) is 121 Å². The summed E-state index contributed by atoms with van der Waals surface area (Å²) in [7, 11) is 0. The number of hydrogen-bond acceptors (Lipinski definition) is 3. The third-order valence-corrected chi connectivity index (χ3v) is 8.69. The second-order valence-electron chi connectivity index (χ2n) is 11.5. The monoisotopic (exact) mass is 551 g/mol. The van der Waals surface area contributed by atoms with Crippen LogP contribution in [-0.2, 0) is 6.54 Å². The Hall–Kier alpha value is -4.38. The second kappa shape index (κ2) is 11.5. The lowest BCUT2D eigenvalue weighted by Gasteiger charge is -2.37. The largest absolute Gasteiger partial charge is 0.390 e. The van der Waals surface area contributed by atoms with Crippen LogP contribution in [-0.4, -0.2) is 53.4 Å². The first-order chi connectivity index (χ1) is 20.7. The van der Waals surface area contributed by atoms with Gasteiger partial charge in [-0.3, -0.25) is 4.90 Å². The molecule has 1 unspecified atom stereocenters. The van der Waals surface area contributed by atoms with Gasteiger partial charge in [-0.1, -0.05) is 115 Å². The third-order valence-electron chi connectivity index (χ3n) is 8.69. The van der Waals surface area contributed by atoms with Gasteiger partial charge in [-0.05, 0) is 35.6 Å². The number of β-amino-alcohol motifs (C(OH)–C–C–N with tert-alkyl or cyclic N) is 1. The van der Waals surface area contributed by atoms with E-state index in [1.54, 1.807) is 0 Å². The maximum Gasteiger partial charge on any atom is 0.0846 e. The predicted molar refractivity (Wildman–Crippen MR) is 176 cm³/mol. The molecule has 0 aliphatic carbocycles. The molecule has 1 fully saturated rings. The van der Waals surface area contributed by atoms with E-state index in [9.17, 15) is 5.11 Å². The SMILES string of the molecule is Cc1ccc(N2CCN(CC(O)Cn3c(-c4ccccc4)c(-c4ccccc4)c4ccc5ccccc5c43)CC2)cc1. The smallest absolute Gasteiger partial charge is 0.0846 e. The summed E-state index contributed by atoms with van der Waals surface area (Å²) in [6, 6.07) is 43.3. The Morgan fingerprint density at radius 3 is 1.98 bits per heavy atom. The van der Waals surface area contributed by atoms with Gasteiger partial charge in [0.1, 0.15) is 0 Å². The Morgan fingerprint density at radius 1 is 0.619 bits per heavy atom. The van der Waals surface area contributed by atoms with Crippen LogP contribution in [0.4, 0.5) is 5.69 Å². The molecular weight excluding hydrogens is 514 g/mol. The second-order valence-corrected chi connectivity index (χ2v) is 11.5. The first kappa shape index (κ1) is 26.5. The highest BCUT2D eigenvalue weighted by atomic mass is 16.3. The molecule has 42 heavy (non-hydrogen) atoms. The van der Waals surface area contributed by atoms with Crippen molar-refractivity contribution in [2.75, 3.05) is 37.6 Å². The molecule has 1 N–H and O–H groups in total. The van der Waals surface area contributed by atoms with E-state index >= 15 is 0 Å². The number of nitrogens with zero attached hydrogens (tertiary/aromatic N) is 3. The van der Waals surface area contributed by atoms with Gasteiger partial charge in [0.2, 0.25) is 0 Å². The molecule has 0 saturated carbocycles. The minimum atomic E-state index is -0.503. The van der Waals surface area contributed by atoms with Crippen molar-refractivity contribution in [1.82, 2.24) is 9.47 Å². The van der Waals surface area contributed by atoms with E-state index in [0.29, 0.717) is 13.1 Å². The number of aliphatic hydroxyl groups excluding tert-OH is 1. The zero-order valence-corrected chi connectivity index (χ0v) is 24.2. The molecule has 4 heteroatoms. The number of piperazine rings is 1. The summed E-state index contributed by atoms with van der Waals surface area (Å²) >= 11 is 0. The van der Waals surface area contributed by atoms with Crippen LogP contribution in [0.5, 0.6) is 0 Å². The van der Waals surface area contributed by atoms with Crippen molar-refractivity contribution in [2.45, 2.75) is 19.6 Å². The van der Waals surface area contributed by atoms with Gasteiger partial charge in [-0.25, -0.2) is 0 Å². The number of hydrogen-bond donors (Lipinski definition) is 1. The molecule has 1 atom stereocenters. The Balaban J connectivity index is 1.25. The molecule has 0 amide bonds. The van der Waals surface area contributed by atoms with E-state index in [2.05, 4.69) is 143 Å². The molecule has 2 heterocycles. The van der Waals surface area contributed by atoms with Gasteiger partial charge in [0.15, 0.2) is 0 Å². The number of rotatable bonds is 7. The van der Waals surface area contributed by atoms with Gasteiger partial charge in [-0.2, -0.15) is 0 Å². The molecule has 1 saturated heterocycles. The van der Waals surface area contributed by atoms with Gasteiger partial charge in [-0.15, -0.1) is 0 Å². The number of aryl methyl sites for hydroxylation is 1. The van der Waals surface area contributed by atoms with Crippen molar-refractivity contribution in [2.24, 2.45) is 0 Å². The maximum absolute atomic E-state index is 11.7. The lowest BCUT2D eigenvalue weighted by Crippen LogP contribution is -2.49. The van der Waals surface area contributed by atoms with Crippen LogP contribution in [0.3, 0.4) is 0 Å². The van der Waals surface area contributed by atoms with Gasteiger partial charge >= 0.3 is 0 Å². The first-order valence-corrected chi connectivity index (χ1v) is 15.0. The minimum absolute atomic E-state index is 0.503. The summed E-state index contributed by atoms with van der Waals surface area (Å²) in [6.45, 7) is 7.15. The van der Waals surface area contributed by atoms with Crippen molar-refractivity contribution < 1.29 is 5.11 Å². The zero-order chi connectivity index (χ0) is 28.5. The van der Waals surface area contributed by atoms with E-state index in [4.69, 9.17) is 0 Å². The van der Waals surface area contributed by atoms with Crippen LogP contribution >= 0.6 is 0 Å². The predicted octanol–water partition coefficient (Wildman–Crippen LogP) is 7.62. The van der Waals surface area contributed by atoms with E-state index < -0.39 is 6.10 Å². The molecule has 1 aliphatic heterocycles. The summed E-state index contributed by atoms with van der Waals surface area (Å²) in [6.07, 6.45) is -0.503. The summed E-state index contributed by atoms with van der Waals surface area (Å²) in [4.78, 5) is 4.87. The lowest BCUT2D eigenvalue weighted by atomic mass is 9.97. The first-order valence-electron chi connectivity index (χ1n) is 15.0. The van der Waals surface area contributed by atoms with Gasteiger partial charge < -0.3 is 14.6 Å². The van der Waals surface area contributed by atoms with Gasteiger partial charge in [0, 0.05) is 54.7 Å². The summed E-state index contributed by atoms with van der Waals surface area (Å²) in [5.41, 5.74) is 8.50. The summed E-state index contributed by atoms with van der Waals surface area (Å²) in [5, 5.41) is 15.3. The molecule has 7 rings (SSSR count). The minimum Gasteiger partial charge on any atom is -0.390 e. The number of anilines is 1. The van der Waals surface area contributed by atoms with E-state index in [1.165, 1.54) is 44.1 Å². The number of benzene rings is 5. The normalized spacial score (nSPS) is 15.0. The fourth-order valence-corrected chi connectivity index (χ4v) is 6.61. The Labute approximate surface area is 248 Å². The topological polar surface area (TPSA) is 31.6 Å². The van der Waals surface area contributed by atoms with Crippen LogP contribution in [0, 0.1) is 6.92 Å². The van der Waals surface area contributed by atoms with Crippen LogP contribution in [0.2, 0.25) is 0 Å². The quantitative estimate of drug-likeness (QED) is 0.221. The maximum atomic E-state index is 11.7. The third kappa shape index (κ3) is 5.09. The Bertz CT molecular complexity index is 1800. The molecular formula is C38H37N3O. The van der Waals surface area contributed by atoms with Crippen molar-refractivity contribution in [3.05, 3.63) is 127 Å². The average Bonchev–Trinajstić information content (AvgIpc) is 3.37. The van der Waals surface area contributed by atoms with E-state index in [0.717, 1.165) is 37.4 Å². The van der Waals surface area contributed by atoms with Crippen LogP contribution < -0.4 is 4.90 Å². The molecule has 0 spiro atoms. The molecule has 4 nitrogen and oxygen atoms in total. The van der Waals surface area contributed by atoms with Crippen molar-refractivity contribution in [3.63, 3.8) is 0 Å². The average molecular weight is 552 g/mol. The van der Waals surface area contributed by atoms with Crippen LogP contribution in [0.25, 0.3) is 44.1 Å². The highest BCUT2D eigenvalue weighted by Gasteiger charge is 2.25. The number of aromatic nitrogens is 1. The standard InChI is InChI=1S/C38H37N3O/c1-28-16-19-32(20-17-28)40-24-22-39(23-25-40)26-33(42)27-41-37(31-13-6-3-7-14-31)36(30-11-4-2-5-12-30)35-21-18-29-10-8-9-15-34(29)38(35)41/h2-21,33,42H,22-27H2,1H3. The van der Waals surface area contributed by atoms with Crippen molar-refractivity contribution >= 4 is 27.4 Å². The molecule has 1 aliphatic rings. The zero-order valence-electron chi connectivity index (χ0n) is 24.2. The molecule has 1 aromatic heterocycles. The molecule has 0 radical (unpaired) electrons. The highest BCUT2D eigenvalue weighted by Crippen LogP contribution is 2.43. The summed E-state index contributed by atoms with van der Waals surface area (Å²) < 4.78 is 2.39. The number of aliphatic hydroxyl groups is 1. The van der Waals surface area contributed by atoms with Crippen LogP contribution in [0.1, 0.15) is 5.56 Å². The number of fused-ring (bicyclic) bond motifs is 3. The Kier molecular flexibility index (Phi) is 7.25. The van der Waals surface area contributed by atoms with Crippen molar-refractivity contribution in [1.29, 1.82) is 0 Å². The van der Waals surface area contributed by atoms with E-state index in [-0.39, 0.29) is 0 Å². The fourth-order valence-electron chi connectivity index (χ4n) is 6.61. The van der Waals surface area contributed by atoms with Gasteiger partial charge in [0.25, 0.3) is 0 Å². The Morgan fingerprint density at radius 2 is 1.26 bits per heavy atom. The van der Waals surface area contributed by atoms with Crippen molar-refractivity contribution in [3.8, 4) is 22.4 Å². The lowest BCUT2D eigenvalue weighted by molar-refractivity contribution is 0.0964. The van der Waals surface area contributed by atoms with E-state index in [1.807, 2.05) is 0 Å².